The second-order valence-corrected chi connectivity index (χ2v) is 7.92. The van der Waals surface area contributed by atoms with Gasteiger partial charge >= 0.3 is 0 Å². The fourth-order valence-electron chi connectivity index (χ4n) is 3.37. The first-order chi connectivity index (χ1) is 14.5. The van der Waals surface area contributed by atoms with Gasteiger partial charge in [-0.15, -0.1) is 11.3 Å². The quantitative estimate of drug-likeness (QED) is 0.495. The molecule has 3 aromatic heterocycles. The molecule has 154 valence electrons. The van der Waals surface area contributed by atoms with Crippen LogP contribution >= 0.6 is 11.3 Å². The van der Waals surface area contributed by atoms with Gasteiger partial charge in [0, 0.05) is 42.8 Å². The summed E-state index contributed by atoms with van der Waals surface area (Å²) < 4.78 is 7.15. The second-order valence-electron chi connectivity index (χ2n) is 7.08. The zero-order valence-corrected chi connectivity index (χ0v) is 17.6. The lowest BCUT2D eigenvalue weighted by Crippen LogP contribution is -2.25. The lowest BCUT2D eigenvalue weighted by Gasteiger charge is -2.21. The van der Waals surface area contributed by atoms with E-state index < -0.39 is 0 Å². The third-order valence-electron chi connectivity index (χ3n) is 4.82. The highest BCUT2D eigenvalue weighted by molar-refractivity contribution is 7.15. The van der Waals surface area contributed by atoms with Crippen LogP contribution < -0.4 is 10.9 Å². The third-order valence-corrected chi connectivity index (χ3v) is 5.77. The first-order valence-corrected chi connectivity index (χ1v) is 10.4. The van der Waals surface area contributed by atoms with E-state index in [4.69, 9.17) is 4.42 Å². The number of carbonyl (C=O) groups is 1. The summed E-state index contributed by atoms with van der Waals surface area (Å²) in [5.41, 5.74) is 3.21. The number of furan rings is 1. The van der Waals surface area contributed by atoms with Crippen molar-refractivity contribution >= 4 is 22.2 Å². The summed E-state index contributed by atoms with van der Waals surface area (Å²) in [4.78, 5) is 31.8. The van der Waals surface area contributed by atoms with Crippen LogP contribution in [0.3, 0.4) is 0 Å². The minimum Gasteiger partial charge on any atom is -0.468 e. The maximum Gasteiger partial charge on any atom is 0.259 e. The van der Waals surface area contributed by atoms with E-state index >= 15 is 0 Å². The van der Waals surface area contributed by atoms with Crippen molar-refractivity contribution < 1.29 is 9.21 Å². The molecule has 0 unspecified atom stereocenters. The number of carbonyl (C=O) groups excluding carboxylic acids is 1. The van der Waals surface area contributed by atoms with Crippen molar-refractivity contribution in [3.05, 3.63) is 92.7 Å². The molecule has 0 atom stereocenters. The molecule has 4 rings (SSSR count). The number of rotatable bonds is 7. The molecule has 4 aromatic rings. The Kier molecular flexibility index (Phi) is 5.78. The van der Waals surface area contributed by atoms with Gasteiger partial charge in [0.1, 0.15) is 5.76 Å². The van der Waals surface area contributed by atoms with Gasteiger partial charge in [0.25, 0.3) is 11.5 Å². The van der Waals surface area contributed by atoms with E-state index in [1.54, 1.807) is 23.8 Å². The number of thiazole rings is 1. The molecule has 0 fully saturated rings. The maximum absolute atomic E-state index is 12.5. The van der Waals surface area contributed by atoms with Crippen molar-refractivity contribution in [2.24, 2.45) is 0 Å². The minimum atomic E-state index is -0.113. The van der Waals surface area contributed by atoms with E-state index in [1.807, 2.05) is 48.7 Å². The second kappa shape index (κ2) is 8.64. The summed E-state index contributed by atoms with van der Waals surface area (Å²) in [5.74, 6) is 0.722. The molecule has 1 aromatic carbocycles. The topological polar surface area (TPSA) is 79.9 Å². The molecular weight excluding hydrogens is 400 g/mol. The summed E-state index contributed by atoms with van der Waals surface area (Å²) in [7, 11) is 1.61. The van der Waals surface area contributed by atoms with Crippen molar-refractivity contribution in [2.75, 3.05) is 7.05 Å². The molecule has 0 aliphatic heterocycles. The van der Waals surface area contributed by atoms with E-state index in [-0.39, 0.29) is 11.5 Å². The Bertz CT molecular complexity index is 1210. The van der Waals surface area contributed by atoms with Gasteiger partial charge < -0.3 is 9.73 Å². The molecule has 8 heteroatoms. The third kappa shape index (κ3) is 4.34. The molecule has 0 bridgehead atoms. The Hall–Kier alpha value is -3.23. The van der Waals surface area contributed by atoms with Crippen molar-refractivity contribution in [1.82, 2.24) is 19.6 Å². The average molecular weight is 423 g/mol. The number of amides is 1. The predicted molar refractivity (Wildman–Crippen MR) is 116 cm³/mol. The van der Waals surface area contributed by atoms with Gasteiger partial charge in [0.2, 0.25) is 0 Å². The number of fused-ring (bicyclic) bond motifs is 1. The molecule has 30 heavy (non-hydrogen) atoms. The van der Waals surface area contributed by atoms with Crippen molar-refractivity contribution in [3.8, 4) is 0 Å². The Labute approximate surface area is 177 Å². The molecule has 0 saturated heterocycles. The van der Waals surface area contributed by atoms with E-state index in [0.717, 1.165) is 22.7 Å². The zero-order chi connectivity index (χ0) is 21.1. The predicted octanol–water partition coefficient (Wildman–Crippen LogP) is 3.22. The fraction of sp³-hybridized carbons (Fsp3) is 0.227. The number of aromatic nitrogens is 2. The largest absolute Gasteiger partial charge is 0.468 e. The maximum atomic E-state index is 12.5. The molecular formula is C22H22N4O3S. The van der Waals surface area contributed by atoms with Gasteiger partial charge in [-0.3, -0.25) is 18.9 Å². The number of hydrogen-bond acceptors (Lipinski definition) is 6. The number of nitrogens with zero attached hydrogens (tertiary/aromatic N) is 3. The summed E-state index contributed by atoms with van der Waals surface area (Å²) >= 11 is 1.46. The lowest BCUT2D eigenvalue weighted by molar-refractivity contribution is 0.0963. The summed E-state index contributed by atoms with van der Waals surface area (Å²) in [6, 6.07) is 12.9. The highest BCUT2D eigenvalue weighted by atomic mass is 32.1. The molecule has 1 N–H and O–H groups in total. The Morgan fingerprint density at radius 1 is 1.20 bits per heavy atom. The number of hydrogen-bond donors (Lipinski definition) is 1. The number of nitrogens with one attached hydrogen (secondary N) is 1. The van der Waals surface area contributed by atoms with Gasteiger partial charge in [-0.25, -0.2) is 4.98 Å². The van der Waals surface area contributed by atoms with Crippen molar-refractivity contribution in [2.45, 2.75) is 26.6 Å². The normalized spacial score (nSPS) is 11.3. The summed E-state index contributed by atoms with van der Waals surface area (Å²) in [6.45, 7) is 3.60. The van der Waals surface area contributed by atoms with Crippen LogP contribution in [0.25, 0.3) is 4.96 Å². The Morgan fingerprint density at radius 3 is 2.70 bits per heavy atom. The van der Waals surface area contributed by atoms with Crippen molar-refractivity contribution in [3.63, 3.8) is 0 Å². The van der Waals surface area contributed by atoms with Gasteiger partial charge in [0.05, 0.1) is 18.5 Å². The standard InChI is InChI=1S/C22H22N4O3S/c1-15-14-30-22-24-18(10-20(27)26(15)22)12-25(13-19-4-3-9-29-19)11-16-5-7-17(8-6-16)21(28)23-2/h3-10,14H,11-13H2,1-2H3,(H,23,28). The molecule has 0 aliphatic rings. The molecule has 7 nitrogen and oxygen atoms in total. The minimum absolute atomic E-state index is 0.0679. The van der Waals surface area contributed by atoms with Crippen LogP contribution in [0.2, 0.25) is 0 Å². The van der Waals surface area contributed by atoms with E-state index in [2.05, 4.69) is 15.2 Å². The monoisotopic (exact) mass is 422 g/mol. The van der Waals surface area contributed by atoms with Crippen molar-refractivity contribution in [1.29, 1.82) is 0 Å². The van der Waals surface area contributed by atoms with Crippen LogP contribution in [0.1, 0.15) is 33.1 Å². The van der Waals surface area contributed by atoms with Gasteiger partial charge in [-0.1, -0.05) is 12.1 Å². The molecule has 0 saturated carbocycles. The number of aryl methyl sites for hydroxylation is 1. The Balaban J connectivity index is 1.58. The molecule has 3 heterocycles. The first kappa shape index (κ1) is 20.1. The first-order valence-electron chi connectivity index (χ1n) is 9.56. The van der Waals surface area contributed by atoms with Crippen LogP contribution in [0, 0.1) is 6.92 Å². The van der Waals surface area contributed by atoms with Crippen LogP contribution in [0.15, 0.2) is 63.3 Å². The van der Waals surface area contributed by atoms with E-state index in [0.29, 0.717) is 30.2 Å². The fourth-order valence-corrected chi connectivity index (χ4v) is 4.26. The molecule has 1 amide bonds. The molecule has 0 aliphatic carbocycles. The molecule has 0 radical (unpaired) electrons. The van der Waals surface area contributed by atoms with Crippen LogP contribution in [-0.2, 0) is 19.6 Å². The van der Waals surface area contributed by atoms with Crippen LogP contribution in [-0.4, -0.2) is 27.2 Å². The zero-order valence-electron chi connectivity index (χ0n) is 16.8. The van der Waals surface area contributed by atoms with Gasteiger partial charge in [-0.2, -0.15) is 0 Å². The summed E-state index contributed by atoms with van der Waals surface area (Å²) in [6.07, 6.45) is 1.65. The average Bonchev–Trinajstić information content (AvgIpc) is 3.38. The highest BCUT2D eigenvalue weighted by Crippen LogP contribution is 2.16. The molecule has 0 spiro atoms. The van der Waals surface area contributed by atoms with E-state index in [1.165, 1.54) is 11.3 Å². The van der Waals surface area contributed by atoms with Gasteiger partial charge in [0.15, 0.2) is 4.96 Å². The smallest absolute Gasteiger partial charge is 0.259 e. The van der Waals surface area contributed by atoms with Crippen LogP contribution in [0.5, 0.6) is 0 Å². The summed E-state index contributed by atoms with van der Waals surface area (Å²) in [5, 5.41) is 4.56. The van der Waals surface area contributed by atoms with Crippen LogP contribution in [0.4, 0.5) is 0 Å². The lowest BCUT2D eigenvalue weighted by atomic mass is 10.1. The Morgan fingerprint density at radius 2 is 2.00 bits per heavy atom. The number of benzene rings is 1. The highest BCUT2D eigenvalue weighted by Gasteiger charge is 2.14. The van der Waals surface area contributed by atoms with Gasteiger partial charge in [-0.05, 0) is 36.8 Å². The SMILES string of the molecule is CNC(=O)c1ccc(CN(Cc2cc(=O)n3c(C)csc3n2)Cc2ccco2)cc1. The van der Waals surface area contributed by atoms with E-state index in [9.17, 15) is 9.59 Å².